The van der Waals surface area contributed by atoms with Crippen LogP contribution in [0, 0.1) is 0 Å². The van der Waals surface area contributed by atoms with Gasteiger partial charge in [-0.2, -0.15) is 0 Å². The van der Waals surface area contributed by atoms with Crippen molar-refractivity contribution in [2.75, 3.05) is 20.1 Å². The van der Waals surface area contributed by atoms with Crippen molar-refractivity contribution in [2.24, 2.45) is 0 Å². The SMILES string of the molecule is CC.CNC1CCC2(CC1)CN(C(=O)c1ccccc1)CC1(CC1)O2. The van der Waals surface area contributed by atoms with Gasteiger partial charge in [0, 0.05) is 11.6 Å². The van der Waals surface area contributed by atoms with Gasteiger partial charge in [0.05, 0.1) is 24.3 Å². The Labute approximate surface area is 151 Å². The summed E-state index contributed by atoms with van der Waals surface area (Å²) in [6, 6.07) is 10.3. The lowest BCUT2D eigenvalue weighted by Crippen LogP contribution is -2.60. The minimum absolute atomic E-state index is 0.0465. The lowest BCUT2D eigenvalue weighted by Gasteiger charge is -2.50. The number of hydrogen-bond acceptors (Lipinski definition) is 3. The Morgan fingerprint density at radius 1 is 1.04 bits per heavy atom. The molecule has 4 nitrogen and oxygen atoms in total. The van der Waals surface area contributed by atoms with Crippen molar-refractivity contribution in [1.29, 1.82) is 0 Å². The molecule has 0 aromatic heterocycles. The minimum Gasteiger partial charge on any atom is -0.365 e. The van der Waals surface area contributed by atoms with Gasteiger partial charge in [-0.25, -0.2) is 0 Å². The molecule has 4 rings (SSSR count). The number of morpholine rings is 1. The Bertz CT molecular complexity index is 575. The fourth-order valence-electron chi connectivity index (χ4n) is 4.27. The average Bonchev–Trinajstić information content (AvgIpc) is 3.41. The van der Waals surface area contributed by atoms with E-state index in [-0.39, 0.29) is 17.1 Å². The molecule has 3 aliphatic rings. The van der Waals surface area contributed by atoms with Crippen LogP contribution in [0.4, 0.5) is 0 Å². The molecule has 1 heterocycles. The van der Waals surface area contributed by atoms with E-state index in [0.717, 1.165) is 57.2 Å². The molecule has 0 radical (unpaired) electrons. The monoisotopic (exact) mass is 344 g/mol. The van der Waals surface area contributed by atoms with E-state index in [2.05, 4.69) is 10.2 Å². The van der Waals surface area contributed by atoms with Crippen LogP contribution in [0.1, 0.15) is 62.7 Å². The summed E-state index contributed by atoms with van der Waals surface area (Å²) in [6.07, 6.45) is 6.59. The molecule has 1 aromatic rings. The predicted octanol–water partition coefficient (Wildman–Crippen LogP) is 3.62. The molecule has 3 fully saturated rings. The van der Waals surface area contributed by atoms with Crippen LogP contribution in [0.5, 0.6) is 0 Å². The van der Waals surface area contributed by atoms with Crippen LogP contribution >= 0.6 is 0 Å². The summed E-state index contributed by atoms with van der Waals surface area (Å²) >= 11 is 0. The number of benzene rings is 1. The average molecular weight is 344 g/mol. The lowest BCUT2D eigenvalue weighted by atomic mass is 9.80. The van der Waals surface area contributed by atoms with Gasteiger partial charge in [0.1, 0.15) is 0 Å². The Morgan fingerprint density at radius 2 is 1.60 bits per heavy atom. The van der Waals surface area contributed by atoms with Crippen molar-refractivity contribution in [3.63, 3.8) is 0 Å². The Balaban J connectivity index is 0.000000880. The van der Waals surface area contributed by atoms with Crippen molar-refractivity contribution < 1.29 is 9.53 Å². The third-order valence-electron chi connectivity index (χ3n) is 5.81. The maximum absolute atomic E-state index is 12.9. The van der Waals surface area contributed by atoms with E-state index < -0.39 is 0 Å². The molecule has 0 unspecified atom stereocenters. The van der Waals surface area contributed by atoms with Crippen molar-refractivity contribution >= 4 is 5.91 Å². The maximum atomic E-state index is 12.9. The molecule has 1 amide bonds. The van der Waals surface area contributed by atoms with Crippen molar-refractivity contribution in [3.8, 4) is 0 Å². The van der Waals surface area contributed by atoms with E-state index >= 15 is 0 Å². The Morgan fingerprint density at radius 3 is 2.12 bits per heavy atom. The summed E-state index contributed by atoms with van der Waals surface area (Å²) in [5, 5.41) is 3.39. The molecular weight excluding hydrogens is 312 g/mol. The highest BCUT2D eigenvalue weighted by Crippen LogP contribution is 2.50. The second-order valence-electron chi connectivity index (χ2n) is 7.56. The number of carbonyl (C=O) groups excluding carboxylic acids is 1. The first kappa shape index (κ1) is 18.4. The molecular formula is C21H32N2O2. The maximum Gasteiger partial charge on any atom is 0.254 e. The van der Waals surface area contributed by atoms with Crippen LogP contribution in [-0.2, 0) is 4.74 Å². The van der Waals surface area contributed by atoms with Crippen LogP contribution < -0.4 is 5.32 Å². The molecule has 1 aliphatic heterocycles. The van der Waals surface area contributed by atoms with Crippen LogP contribution in [-0.4, -0.2) is 48.2 Å². The fourth-order valence-corrected chi connectivity index (χ4v) is 4.27. The molecule has 1 saturated heterocycles. The summed E-state index contributed by atoms with van der Waals surface area (Å²) in [7, 11) is 2.04. The number of nitrogens with one attached hydrogen (secondary N) is 1. The van der Waals surface area contributed by atoms with E-state index in [1.165, 1.54) is 0 Å². The van der Waals surface area contributed by atoms with Crippen molar-refractivity contribution in [3.05, 3.63) is 35.9 Å². The number of nitrogens with zero attached hydrogens (tertiary/aromatic N) is 1. The molecule has 138 valence electrons. The molecule has 0 bridgehead atoms. The molecule has 1 N–H and O–H groups in total. The van der Waals surface area contributed by atoms with Crippen molar-refractivity contribution in [2.45, 2.75) is 69.6 Å². The van der Waals surface area contributed by atoms with Crippen LogP contribution in [0.25, 0.3) is 0 Å². The highest BCUT2D eigenvalue weighted by Gasteiger charge is 2.56. The second-order valence-corrected chi connectivity index (χ2v) is 7.56. The molecule has 0 atom stereocenters. The largest absolute Gasteiger partial charge is 0.365 e. The van der Waals surface area contributed by atoms with Gasteiger partial charge < -0.3 is 15.0 Å². The first-order chi connectivity index (χ1) is 12.1. The number of rotatable bonds is 2. The van der Waals surface area contributed by atoms with Gasteiger partial charge >= 0.3 is 0 Å². The normalized spacial score (nSPS) is 29.9. The van der Waals surface area contributed by atoms with E-state index in [0.29, 0.717) is 6.04 Å². The quantitative estimate of drug-likeness (QED) is 0.891. The smallest absolute Gasteiger partial charge is 0.254 e. The van der Waals surface area contributed by atoms with E-state index in [1.807, 2.05) is 51.2 Å². The molecule has 2 spiro atoms. The number of hydrogen-bond donors (Lipinski definition) is 1. The van der Waals surface area contributed by atoms with Gasteiger partial charge in [-0.05, 0) is 57.7 Å². The molecule has 2 saturated carbocycles. The molecule has 25 heavy (non-hydrogen) atoms. The Kier molecular flexibility index (Phi) is 5.49. The third kappa shape index (κ3) is 3.90. The van der Waals surface area contributed by atoms with E-state index in [9.17, 15) is 4.79 Å². The molecule has 1 aromatic carbocycles. The van der Waals surface area contributed by atoms with Gasteiger partial charge in [0.15, 0.2) is 0 Å². The number of ether oxygens (including phenoxy) is 1. The summed E-state index contributed by atoms with van der Waals surface area (Å²) in [6.45, 7) is 5.51. The van der Waals surface area contributed by atoms with Gasteiger partial charge in [0.25, 0.3) is 5.91 Å². The Hall–Kier alpha value is -1.39. The van der Waals surface area contributed by atoms with E-state index in [4.69, 9.17) is 4.74 Å². The lowest BCUT2D eigenvalue weighted by molar-refractivity contribution is -0.175. The highest BCUT2D eigenvalue weighted by atomic mass is 16.5. The molecule has 4 heteroatoms. The second kappa shape index (κ2) is 7.46. The van der Waals surface area contributed by atoms with Crippen LogP contribution in [0.15, 0.2) is 30.3 Å². The zero-order chi connectivity index (χ0) is 17.9. The van der Waals surface area contributed by atoms with Gasteiger partial charge in [0.2, 0.25) is 0 Å². The third-order valence-corrected chi connectivity index (χ3v) is 5.81. The zero-order valence-electron chi connectivity index (χ0n) is 15.9. The van der Waals surface area contributed by atoms with Crippen LogP contribution in [0.3, 0.4) is 0 Å². The highest BCUT2D eigenvalue weighted by molar-refractivity contribution is 5.94. The van der Waals surface area contributed by atoms with Gasteiger partial charge in [-0.3, -0.25) is 4.79 Å². The predicted molar refractivity (Wildman–Crippen MR) is 101 cm³/mol. The molecule has 2 aliphatic carbocycles. The van der Waals surface area contributed by atoms with Gasteiger partial charge in [-0.1, -0.05) is 32.0 Å². The summed E-state index contributed by atoms with van der Waals surface area (Å²) in [5.74, 6) is 0.162. The van der Waals surface area contributed by atoms with E-state index in [1.54, 1.807) is 0 Å². The standard InChI is InChI=1S/C19H26N2O2.C2H6/c1-20-16-7-9-18(10-8-16)13-21(14-19(23-18)11-12-19)17(22)15-5-3-2-4-6-15;1-2/h2-6,16,20H,7-14H2,1H3;1-2H3. The first-order valence-corrected chi connectivity index (χ1v) is 9.86. The van der Waals surface area contributed by atoms with Crippen LogP contribution in [0.2, 0.25) is 0 Å². The minimum atomic E-state index is -0.119. The summed E-state index contributed by atoms with van der Waals surface area (Å²) in [4.78, 5) is 15.0. The number of carbonyl (C=O) groups is 1. The number of amides is 1. The van der Waals surface area contributed by atoms with Crippen molar-refractivity contribution in [1.82, 2.24) is 10.2 Å². The zero-order valence-corrected chi connectivity index (χ0v) is 15.9. The van der Waals surface area contributed by atoms with Gasteiger partial charge in [-0.15, -0.1) is 0 Å². The summed E-state index contributed by atoms with van der Waals surface area (Å²) in [5.41, 5.74) is 0.631. The topological polar surface area (TPSA) is 41.6 Å². The summed E-state index contributed by atoms with van der Waals surface area (Å²) < 4.78 is 6.60. The fraction of sp³-hybridized carbons (Fsp3) is 0.667. The first-order valence-electron chi connectivity index (χ1n) is 9.86.